The fourth-order valence-electron chi connectivity index (χ4n) is 2.62. The Hall–Kier alpha value is -2.85. The summed E-state index contributed by atoms with van der Waals surface area (Å²) in [7, 11) is 1.68. The van der Waals surface area contributed by atoms with Gasteiger partial charge in [-0.25, -0.2) is 0 Å². The molecule has 0 amide bonds. The highest BCUT2D eigenvalue weighted by Crippen LogP contribution is 2.28. The second kappa shape index (κ2) is 8.85. The Morgan fingerprint density at radius 3 is 2.32 bits per heavy atom. The van der Waals surface area contributed by atoms with Crippen molar-refractivity contribution in [1.29, 1.82) is 0 Å². The summed E-state index contributed by atoms with van der Waals surface area (Å²) < 4.78 is 11.4. The molecule has 0 aliphatic rings. The smallest absolute Gasteiger partial charge is 0.161 e. The summed E-state index contributed by atoms with van der Waals surface area (Å²) in [6.07, 6.45) is 3.65. The lowest BCUT2D eigenvalue weighted by molar-refractivity contribution is -0.686. The Labute approximate surface area is 148 Å². The summed E-state index contributed by atoms with van der Waals surface area (Å²) in [5.41, 5.74) is 3.61. The third kappa shape index (κ3) is 5.06. The van der Waals surface area contributed by atoms with Crippen molar-refractivity contribution in [2.75, 3.05) is 7.11 Å². The first kappa shape index (κ1) is 17.0. The van der Waals surface area contributed by atoms with Gasteiger partial charge in [0, 0.05) is 23.5 Å². The molecule has 0 unspecified atom stereocenters. The van der Waals surface area contributed by atoms with Crippen LogP contribution < -0.4 is 14.8 Å². The zero-order valence-electron chi connectivity index (χ0n) is 14.4. The van der Waals surface area contributed by atoms with E-state index in [-0.39, 0.29) is 0 Å². The third-order valence-corrected chi connectivity index (χ3v) is 3.97. The van der Waals surface area contributed by atoms with Crippen molar-refractivity contribution in [3.8, 4) is 11.5 Å². The van der Waals surface area contributed by atoms with Gasteiger partial charge in [-0.1, -0.05) is 30.3 Å². The molecule has 0 saturated carbocycles. The summed E-state index contributed by atoms with van der Waals surface area (Å²) in [5, 5.41) is 2.26. The minimum Gasteiger partial charge on any atom is -0.493 e. The maximum absolute atomic E-state index is 5.90. The first-order valence-electron chi connectivity index (χ1n) is 8.39. The molecular formula is C21H23N2O2+. The number of benzene rings is 2. The Bertz CT molecular complexity index is 776. The fraction of sp³-hybridized carbons (Fsp3) is 0.190. The van der Waals surface area contributed by atoms with Crippen molar-refractivity contribution in [3.05, 3.63) is 89.7 Å². The van der Waals surface area contributed by atoms with Gasteiger partial charge in [0.15, 0.2) is 11.5 Å². The Kier molecular flexibility index (Phi) is 6.01. The van der Waals surface area contributed by atoms with Crippen molar-refractivity contribution in [2.45, 2.75) is 19.7 Å². The maximum atomic E-state index is 5.90. The molecule has 2 aromatic carbocycles. The van der Waals surface area contributed by atoms with E-state index >= 15 is 0 Å². The Morgan fingerprint density at radius 2 is 1.56 bits per heavy atom. The van der Waals surface area contributed by atoms with E-state index in [9.17, 15) is 0 Å². The lowest BCUT2D eigenvalue weighted by atomic mass is 10.2. The standard InChI is InChI=1S/C21H22N2O2/c1-24-21-13-19(15-23-14-17-9-11-22-12-10-17)7-8-20(21)25-16-18-5-3-2-4-6-18/h2-13,23H,14-16H2,1H3/p+1. The molecule has 4 heteroatoms. The number of hydrogen-bond acceptors (Lipinski definition) is 3. The summed E-state index contributed by atoms with van der Waals surface area (Å²) in [6, 6.07) is 20.3. The molecule has 2 N–H and O–H groups in total. The summed E-state index contributed by atoms with van der Waals surface area (Å²) in [5.74, 6) is 1.54. The van der Waals surface area contributed by atoms with Gasteiger partial charge in [-0.05, 0) is 35.9 Å². The number of nitrogens with zero attached hydrogens (tertiary/aromatic N) is 1. The van der Waals surface area contributed by atoms with Crippen molar-refractivity contribution in [3.63, 3.8) is 0 Å². The zero-order chi connectivity index (χ0) is 17.3. The van der Waals surface area contributed by atoms with Gasteiger partial charge in [0.1, 0.15) is 19.7 Å². The van der Waals surface area contributed by atoms with Crippen LogP contribution in [0.1, 0.15) is 16.7 Å². The third-order valence-electron chi connectivity index (χ3n) is 3.97. The van der Waals surface area contributed by atoms with Crippen LogP contribution in [0.4, 0.5) is 0 Å². The van der Waals surface area contributed by atoms with E-state index in [1.807, 2.05) is 54.9 Å². The molecule has 3 aromatic rings. The van der Waals surface area contributed by atoms with Crippen LogP contribution in [0.5, 0.6) is 11.5 Å². The highest BCUT2D eigenvalue weighted by atomic mass is 16.5. The van der Waals surface area contributed by atoms with Gasteiger partial charge in [-0.2, -0.15) is 0 Å². The highest BCUT2D eigenvalue weighted by molar-refractivity contribution is 5.42. The molecule has 1 aromatic heterocycles. The SMILES string of the molecule is COc1cc(C[NH2+]Cc2ccncc2)ccc1OCc1ccccc1. The molecule has 0 atom stereocenters. The lowest BCUT2D eigenvalue weighted by Gasteiger charge is -2.12. The quantitative estimate of drug-likeness (QED) is 0.688. The van der Waals surface area contributed by atoms with Crippen molar-refractivity contribution < 1.29 is 14.8 Å². The first-order chi connectivity index (χ1) is 12.3. The number of rotatable bonds is 8. The highest BCUT2D eigenvalue weighted by Gasteiger charge is 2.07. The van der Waals surface area contributed by atoms with Gasteiger partial charge in [0.2, 0.25) is 0 Å². The second-order valence-corrected chi connectivity index (χ2v) is 5.81. The molecule has 0 fully saturated rings. The lowest BCUT2D eigenvalue weighted by Crippen LogP contribution is -2.80. The van der Waals surface area contributed by atoms with E-state index < -0.39 is 0 Å². The Morgan fingerprint density at radius 1 is 0.800 bits per heavy atom. The van der Waals surface area contributed by atoms with Crippen molar-refractivity contribution in [1.82, 2.24) is 4.98 Å². The van der Waals surface area contributed by atoms with Gasteiger partial charge < -0.3 is 14.8 Å². The van der Waals surface area contributed by atoms with Gasteiger partial charge >= 0.3 is 0 Å². The van der Waals surface area contributed by atoms with E-state index in [2.05, 4.69) is 28.5 Å². The number of pyridine rings is 1. The van der Waals surface area contributed by atoms with E-state index in [1.165, 1.54) is 11.1 Å². The first-order valence-corrected chi connectivity index (χ1v) is 8.39. The van der Waals surface area contributed by atoms with Gasteiger partial charge in [-0.3, -0.25) is 4.98 Å². The largest absolute Gasteiger partial charge is 0.493 e. The molecule has 0 saturated heterocycles. The monoisotopic (exact) mass is 335 g/mol. The minimum atomic E-state index is 0.532. The fourth-order valence-corrected chi connectivity index (χ4v) is 2.62. The van der Waals surface area contributed by atoms with Crippen LogP contribution in [0.3, 0.4) is 0 Å². The molecule has 0 bridgehead atoms. The van der Waals surface area contributed by atoms with Gasteiger partial charge in [0.25, 0.3) is 0 Å². The average Bonchev–Trinajstić information content (AvgIpc) is 2.68. The Balaban J connectivity index is 1.57. The van der Waals surface area contributed by atoms with E-state index in [0.717, 1.165) is 30.2 Å². The molecule has 0 aliphatic heterocycles. The number of ether oxygens (including phenoxy) is 2. The molecule has 4 nitrogen and oxygen atoms in total. The van der Waals surface area contributed by atoms with Crippen molar-refractivity contribution in [2.24, 2.45) is 0 Å². The predicted octanol–water partition coefficient (Wildman–Crippen LogP) is 2.93. The summed E-state index contributed by atoms with van der Waals surface area (Å²) in [6.45, 7) is 2.35. The zero-order valence-corrected chi connectivity index (χ0v) is 14.4. The van der Waals surface area contributed by atoms with Crippen LogP contribution in [-0.2, 0) is 19.7 Å². The number of methoxy groups -OCH3 is 1. The van der Waals surface area contributed by atoms with E-state index in [4.69, 9.17) is 9.47 Å². The molecular weight excluding hydrogens is 312 g/mol. The molecule has 25 heavy (non-hydrogen) atoms. The molecule has 0 radical (unpaired) electrons. The average molecular weight is 335 g/mol. The second-order valence-electron chi connectivity index (χ2n) is 5.81. The minimum absolute atomic E-state index is 0.532. The number of hydrogen-bond donors (Lipinski definition) is 1. The van der Waals surface area contributed by atoms with Gasteiger partial charge in [0.05, 0.1) is 7.11 Å². The van der Waals surface area contributed by atoms with Gasteiger partial charge in [-0.15, -0.1) is 0 Å². The number of quaternary nitrogens is 1. The van der Waals surface area contributed by atoms with Crippen LogP contribution in [0.25, 0.3) is 0 Å². The van der Waals surface area contributed by atoms with E-state index in [0.29, 0.717) is 6.61 Å². The number of aromatic nitrogens is 1. The normalized spacial score (nSPS) is 10.4. The van der Waals surface area contributed by atoms with Crippen LogP contribution in [-0.4, -0.2) is 12.1 Å². The predicted molar refractivity (Wildman–Crippen MR) is 97.3 cm³/mol. The molecule has 1 heterocycles. The van der Waals surface area contributed by atoms with Crippen LogP contribution >= 0.6 is 0 Å². The van der Waals surface area contributed by atoms with Crippen molar-refractivity contribution >= 4 is 0 Å². The molecule has 3 rings (SSSR count). The summed E-state index contributed by atoms with van der Waals surface area (Å²) in [4.78, 5) is 4.04. The van der Waals surface area contributed by atoms with Crippen LogP contribution in [0.2, 0.25) is 0 Å². The summed E-state index contributed by atoms with van der Waals surface area (Å²) >= 11 is 0. The van der Waals surface area contributed by atoms with Crippen LogP contribution in [0.15, 0.2) is 73.1 Å². The number of nitrogens with two attached hydrogens (primary N) is 1. The van der Waals surface area contributed by atoms with Crippen LogP contribution in [0, 0.1) is 0 Å². The molecule has 128 valence electrons. The molecule has 0 spiro atoms. The topological polar surface area (TPSA) is 48.0 Å². The maximum Gasteiger partial charge on any atom is 0.161 e. The molecule has 0 aliphatic carbocycles. The van der Waals surface area contributed by atoms with E-state index in [1.54, 1.807) is 7.11 Å².